The fourth-order valence-electron chi connectivity index (χ4n) is 3.67. The number of benzene rings is 2. The van der Waals surface area contributed by atoms with E-state index in [1.165, 1.54) is 17.8 Å². The Morgan fingerprint density at radius 1 is 1.21 bits per heavy atom. The molecule has 1 fully saturated rings. The highest BCUT2D eigenvalue weighted by Crippen LogP contribution is 2.37. The van der Waals surface area contributed by atoms with Gasteiger partial charge in [-0.1, -0.05) is 45.9 Å². The number of thioether (sulfide) groups is 1. The van der Waals surface area contributed by atoms with Gasteiger partial charge in [0, 0.05) is 15.9 Å². The smallest absolute Gasteiger partial charge is 0.164 e. The zero-order chi connectivity index (χ0) is 20.1. The van der Waals surface area contributed by atoms with Gasteiger partial charge in [0.25, 0.3) is 0 Å². The van der Waals surface area contributed by atoms with Crippen molar-refractivity contribution in [3.8, 4) is 0 Å². The van der Waals surface area contributed by atoms with Crippen LogP contribution < -0.4 is 4.90 Å². The summed E-state index contributed by atoms with van der Waals surface area (Å²) < 4.78 is 39.3. The fourth-order valence-corrected chi connectivity index (χ4v) is 6.95. The molecule has 1 saturated heterocycles. The number of hydrogen-bond acceptors (Lipinski definition) is 5. The Labute approximate surface area is 177 Å². The normalized spacial score (nSPS) is 23.0. The summed E-state index contributed by atoms with van der Waals surface area (Å²) in [5.41, 5.74) is 3.75. The average molecular weight is 483 g/mol. The van der Waals surface area contributed by atoms with Crippen LogP contribution in [0.15, 0.2) is 45.9 Å². The van der Waals surface area contributed by atoms with E-state index in [0.717, 1.165) is 22.0 Å². The third kappa shape index (κ3) is 3.86. The summed E-state index contributed by atoms with van der Waals surface area (Å²) in [4.78, 5) is 6.79. The van der Waals surface area contributed by atoms with Crippen molar-refractivity contribution in [1.29, 1.82) is 0 Å². The maximum absolute atomic E-state index is 14.2. The Bertz CT molecular complexity index is 1070. The van der Waals surface area contributed by atoms with Crippen LogP contribution in [0.25, 0.3) is 0 Å². The highest BCUT2D eigenvalue weighted by molar-refractivity contribution is 9.10. The van der Waals surface area contributed by atoms with Crippen LogP contribution in [-0.4, -0.2) is 37.2 Å². The van der Waals surface area contributed by atoms with Crippen LogP contribution in [0.2, 0.25) is 0 Å². The summed E-state index contributed by atoms with van der Waals surface area (Å²) in [6.07, 6.45) is 0. The lowest BCUT2D eigenvalue weighted by atomic mass is 10.1. The summed E-state index contributed by atoms with van der Waals surface area (Å²) in [5.74, 6) is 0.355. The number of nitrogens with zero attached hydrogens (tertiary/aromatic N) is 2. The Morgan fingerprint density at radius 2 is 2.00 bits per heavy atom. The van der Waals surface area contributed by atoms with Gasteiger partial charge in [0.1, 0.15) is 5.82 Å². The summed E-state index contributed by atoms with van der Waals surface area (Å²) in [6, 6.07) is 10.7. The van der Waals surface area contributed by atoms with E-state index in [2.05, 4.69) is 26.9 Å². The second-order valence-electron chi connectivity index (χ2n) is 7.31. The van der Waals surface area contributed by atoms with Crippen LogP contribution in [0.3, 0.4) is 0 Å². The number of rotatable bonds is 3. The van der Waals surface area contributed by atoms with Gasteiger partial charge in [-0.2, -0.15) is 0 Å². The van der Waals surface area contributed by atoms with Gasteiger partial charge >= 0.3 is 0 Å². The average Bonchev–Trinajstić information content (AvgIpc) is 3.07. The number of anilines is 1. The maximum atomic E-state index is 14.2. The van der Waals surface area contributed by atoms with E-state index in [-0.39, 0.29) is 29.4 Å². The van der Waals surface area contributed by atoms with Gasteiger partial charge in [-0.3, -0.25) is 4.99 Å². The fraction of sp³-hybridized carbons (Fsp3) is 0.350. The summed E-state index contributed by atoms with van der Waals surface area (Å²) in [6.45, 7) is 4.03. The third-order valence-corrected chi connectivity index (χ3v) is 8.31. The maximum Gasteiger partial charge on any atom is 0.164 e. The lowest BCUT2D eigenvalue weighted by Gasteiger charge is -2.28. The van der Waals surface area contributed by atoms with Crippen molar-refractivity contribution in [3.63, 3.8) is 0 Å². The van der Waals surface area contributed by atoms with E-state index >= 15 is 0 Å². The van der Waals surface area contributed by atoms with Crippen LogP contribution in [0.4, 0.5) is 10.1 Å². The minimum Gasteiger partial charge on any atom is -0.315 e. The van der Waals surface area contributed by atoms with Gasteiger partial charge in [0.05, 0.1) is 23.6 Å². The van der Waals surface area contributed by atoms with Gasteiger partial charge in [-0.25, -0.2) is 12.8 Å². The Kier molecular flexibility index (Phi) is 5.31. The molecule has 148 valence electrons. The Balaban J connectivity index is 1.66. The van der Waals surface area contributed by atoms with Crippen molar-refractivity contribution < 1.29 is 12.8 Å². The van der Waals surface area contributed by atoms with Crippen molar-refractivity contribution in [1.82, 2.24) is 0 Å². The van der Waals surface area contributed by atoms with Crippen LogP contribution in [0, 0.1) is 19.7 Å². The molecule has 0 aromatic heterocycles. The van der Waals surface area contributed by atoms with Gasteiger partial charge in [0.2, 0.25) is 0 Å². The topological polar surface area (TPSA) is 49.7 Å². The molecule has 2 aromatic rings. The van der Waals surface area contributed by atoms with E-state index < -0.39 is 9.84 Å². The molecular weight excluding hydrogens is 463 g/mol. The molecule has 28 heavy (non-hydrogen) atoms. The largest absolute Gasteiger partial charge is 0.315 e. The van der Waals surface area contributed by atoms with E-state index in [4.69, 9.17) is 4.99 Å². The minimum atomic E-state index is -3.09. The number of hydrogen-bond donors (Lipinski definition) is 0. The van der Waals surface area contributed by atoms with Crippen molar-refractivity contribution in [2.45, 2.75) is 31.7 Å². The van der Waals surface area contributed by atoms with Crippen LogP contribution in [-0.2, 0) is 15.6 Å². The molecule has 4 nitrogen and oxygen atoms in total. The molecule has 0 saturated carbocycles. The first-order chi connectivity index (χ1) is 13.2. The van der Waals surface area contributed by atoms with Crippen molar-refractivity contribution in [2.24, 2.45) is 4.99 Å². The van der Waals surface area contributed by atoms with Gasteiger partial charge in [-0.15, -0.1) is 0 Å². The SMILES string of the molecule is Cc1ccc(C)c(N2C(SCc3ccc(Br)cc3F)=NC3CS(=O)(=O)CC32)c1. The molecule has 0 bridgehead atoms. The van der Waals surface area contributed by atoms with Crippen LogP contribution >= 0.6 is 27.7 Å². The second-order valence-corrected chi connectivity index (χ2v) is 11.3. The van der Waals surface area contributed by atoms with Crippen molar-refractivity contribution >= 4 is 48.4 Å². The predicted octanol–water partition coefficient (Wildman–Crippen LogP) is 4.48. The molecule has 0 amide bonds. The monoisotopic (exact) mass is 482 g/mol. The Hall–Kier alpha value is -1.38. The minimum absolute atomic E-state index is 0.0791. The molecule has 2 atom stereocenters. The third-order valence-electron chi connectivity index (χ3n) is 5.10. The second kappa shape index (κ2) is 7.46. The number of aryl methyl sites for hydroxylation is 2. The van der Waals surface area contributed by atoms with Crippen LogP contribution in [0.1, 0.15) is 16.7 Å². The molecule has 2 unspecified atom stereocenters. The molecule has 8 heteroatoms. The van der Waals surface area contributed by atoms with Crippen molar-refractivity contribution in [3.05, 3.63) is 63.4 Å². The summed E-state index contributed by atoms with van der Waals surface area (Å²) in [7, 11) is -3.09. The number of aliphatic imine (C=N–C) groups is 1. The lowest BCUT2D eigenvalue weighted by molar-refractivity contribution is 0.601. The van der Waals surface area contributed by atoms with E-state index in [9.17, 15) is 12.8 Å². The quantitative estimate of drug-likeness (QED) is 0.646. The Morgan fingerprint density at radius 3 is 2.75 bits per heavy atom. The molecule has 0 aliphatic carbocycles. The van der Waals surface area contributed by atoms with E-state index in [1.807, 2.05) is 32.0 Å². The van der Waals surface area contributed by atoms with Gasteiger partial charge < -0.3 is 4.90 Å². The number of sulfone groups is 1. The number of fused-ring (bicyclic) bond motifs is 1. The predicted molar refractivity (Wildman–Crippen MR) is 117 cm³/mol. The number of halogens is 2. The molecular formula is C20H20BrFN2O2S2. The lowest BCUT2D eigenvalue weighted by Crippen LogP contribution is -2.39. The molecule has 2 aromatic carbocycles. The number of amidine groups is 1. The summed E-state index contributed by atoms with van der Waals surface area (Å²) in [5, 5.41) is 0.765. The first-order valence-electron chi connectivity index (χ1n) is 8.95. The summed E-state index contributed by atoms with van der Waals surface area (Å²) >= 11 is 4.73. The first-order valence-corrected chi connectivity index (χ1v) is 12.5. The van der Waals surface area contributed by atoms with E-state index in [1.54, 1.807) is 6.07 Å². The highest BCUT2D eigenvalue weighted by atomic mass is 79.9. The molecule has 2 aliphatic rings. The zero-order valence-corrected chi connectivity index (χ0v) is 18.7. The molecule has 4 rings (SSSR count). The molecule has 0 N–H and O–H groups in total. The van der Waals surface area contributed by atoms with Crippen molar-refractivity contribution in [2.75, 3.05) is 16.4 Å². The van der Waals surface area contributed by atoms with Gasteiger partial charge in [-0.05, 0) is 48.7 Å². The van der Waals surface area contributed by atoms with E-state index in [0.29, 0.717) is 15.8 Å². The molecule has 0 radical (unpaired) electrons. The van der Waals surface area contributed by atoms with Crippen LogP contribution in [0.5, 0.6) is 0 Å². The zero-order valence-electron chi connectivity index (χ0n) is 15.5. The highest BCUT2D eigenvalue weighted by Gasteiger charge is 2.47. The molecule has 2 heterocycles. The molecule has 2 aliphatic heterocycles. The standard InChI is InChI=1S/C20H20BrFN2O2S2/c1-12-3-4-13(2)18(7-12)24-19-11-28(25,26)10-17(19)23-20(24)27-9-14-5-6-15(21)8-16(14)22/h3-8,17,19H,9-11H2,1-2H3. The van der Waals surface area contributed by atoms with Gasteiger partial charge in [0.15, 0.2) is 15.0 Å². The first kappa shape index (κ1) is 19.9. The molecule has 0 spiro atoms.